The number of aromatic nitrogens is 1. The Morgan fingerprint density at radius 2 is 1.71 bits per heavy atom. The number of anilines is 1. The Morgan fingerprint density at radius 3 is 2.40 bits per heavy atom. The van der Waals surface area contributed by atoms with E-state index in [1.807, 2.05) is 42.7 Å². The molecule has 1 atom stereocenters. The molecule has 4 rings (SSSR count). The lowest BCUT2D eigenvalue weighted by Gasteiger charge is -2.18. The number of ketones is 1. The van der Waals surface area contributed by atoms with Gasteiger partial charge in [0.15, 0.2) is 11.5 Å². The van der Waals surface area contributed by atoms with E-state index in [1.165, 1.54) is 19.2 Å². The molecule has 3 aromatic rings. The van der Waals surface area contributed by atoms with Crippen LogP contribution < -0.4 is 14.8 Å². The van der Waals surface area contributed by atoms with Gasteiger partial charge in [-0.05, 0) is 44.5 Å². The normalized spacial score (nSPS) is 14.2. The van der Waals surface area contributed by atoms with Gasteiger partial charge >= 0.3 is 5.97 Å². The van der Waals surface area contributed by atoms with E-state index in [2.05, 4.69) is 5.32 Å². The fraction of sp³-hybridized carbons (Fsp3) is 0.296. The lowest BCUT2D eigenvalue weighted by atomic mass is 10.0. The van der Waals surface area contributed by atoms with Crippen molar-refractivity contribution in [3.63, 3.8) is 0 Å². The van der Waals surface area contributed by atoms with Crippen molar-refractivity contribution in [2.75, 3.05) is 25.6 Å². The van der Waals surface area contributed by atoms with Crippen LogP contribution >= 0.6 is 0 Å². The zero-order valence-electron chi connectivity index (χ0n) is 20.0. The number of fused-ring (bicyclic) bond motifs is 1. The molecule has 0 saturated carbocycles. The number of esters is 1. The van der Waals surface area contributed by atoms with Crippen molar-refractivity contribution in [1.82, 2.24) is 4.57 Å². The minimum Gasteiger partial charge on any atom is -0.490 e. The molecule has 0 radical (unpaired) electrons. The van der Waals surface area contributed by atoms with Crippen LogP contribution in [0.25, 0.3) is 0 Å². The highest BCUT2D eigenvalue weighted by Gasteiger charge is 2.33. The van der Waals surface area contributed by atoms with Crippen molar-refractivity contribution in [3.05, 3.63) is 77.1 Å². The minimum absolute atomic E-state index is 0.0799. The first-order valence-electron chi connectivity index (χ1n) is 11.6. The van der Waals surface area contributed by atoms with E-state index < -0.39 is 11.9 Å². The highest BCUT2D eigenvalue weighted by molar-refractivity contribution is 6.08. The predicted molar refractivity (Wildman–Crippen MR) is 130 cm³/mol. The van der Waals surface area contributed by atoms with E-state index in [1.54, 1.807) is 18.2 Å². The summed E-state index contributed by atoms with van der Waals surface area (Å²) < 4.78 is 18.2. The number of carbonyl (C=O) groups excluding carboxylic acids is 3. The Hall–Kier alpha value is -4.07. The summed E-state index contributed by atoms with van der Waals surface area (Å²) >= 11 is 0. The molecular weight excluding hydrogens is 448 g/mol. The van der Waals surface area contributed by atoms with Gasteiger partial charge in [-0.1, -0.05) is 30.3 Å². The SMILES string of the molecule is CCOc1cc(C(=O)OC)cc(NC(=O)C2CCn3c(C(=O)c4ccccc4)ccc32)c1OCC. The molecule has 1 unspecified atom stereocenters. The van der Waals surface area contributed by atoms with Gasteiger partial charge in [0.2, 0.25) is 11.7 Å². The Balaban J connectivity index is 1.63. The fourth-order valence-electron chi connectivity index (χ4n) is 4.35. The minimum atomic E-state index is -0.552. The molecule has 0 saturated heterocycles. The molecule has 8 heteroatoms. The molecule has 1 aliphatic heterocycles. The second-order valence-corrected chi connectivity index (χ2v) is 8.03. The highest BCUT2D eigenvalue weighted by Crippen LogP contribution is 2.39. The zero-order chi connectivity index (χ0) is 24.9. The van der Waals surface area contributed by atoms with Crippen molar-refractivity contribution in [2.45, 2.75) is 32.7 Å². The number of hydrogen-bond donors (Lipinski definition) is 1. The second-order valence-electron chi connectivity index (χ2n) is 8.03. The van der Waals surface area contributed by atoms with Crippen molar-refractivity contribution in [2.24, 2.45) is 0 Å². The number of rotatable bonds is 9. The molecule has 0 fully saturated rings. The monoisotopic (exact) mass is 476 g/mol. The first-order chi connectivity index (χ1) is 17.0. The van der Waals surface area contributed by atoms with Crippen LogP contribution in [-0.2, 0) is 16.1 Å². The Bertz CT molecular complexity index is 1250. The quantitative estimate of drug-likeness (QED) is 0.363. The van der Waals surface area contributed by atoms with E-state index in [9.17, 15) is 14.4 Å². The van der Waals surface area contributed by atoms with Crippen molar-refractivity contribution in [1.29, 1.82) is 0 Å². The Morgan fingerprint density at radius 1 is 0.971 bits per heavy atom. The first-order valence-corrected chi connectivity index (χ1v) is 11.6. The number of benzene rings is 2. The van der Waals surface area contributed by atoms with Crippen LogP contribution in [-0.4, -0.2) is 42.6 Å². The number of nitrogens with zero attached hydrogens (tertiary/aromatic N) is 1. The number of amides is 1. The van der Waals surface area contributed by atoms with Gasteiger partial charge in [0.05, 0.1) is 43.2 Å². The number of methoxy groups -OCH3 is 1. The van der Waals surface area contributed by atoms with Crippen molar-refractivity contribution in [3.8, 4) is 11.5 Å². The van der Waals surface area contributed by atoms with Crippen LogP contribution in [0.4, 0.5) is 5.69 Å². The van der Waals surface area contributed by atoms with Gasteiger partial charge in [-0.3, -0.25) is 9.59 Å². The maximum atomic E-state index is 13.4. The van der Waals surface area contributed by atoms with Crippen molar-refractivity contribution >= 4 is 23.3 Å². The fourth-order valence-corrected chi connectivity index (χ4v) is 4.35. The lowest BCUT2D eigenvalue weighted by Crippen LogP contribution is -2.20. The van der Waals surface area contributed by atoms with Crippen molar-refractivity contribution < 1.29 is 28.6 Å². The average molecular weight is 477 g/mol. The summed E-state index contributed by atoms with van der Waals surface area (Å²) in [5.41, 5.74) is 2.50. The number of ether oxygens (including phenoxy) is 3. The molecule has 0 aliphatic carbocycles. The van der Waals surface area contributed by atoms with Crippen LogP contribution in [0.3, 0.4) is 0 Å². The molecule has 182 valence electrons. The van der Waals surface area contributed by atoms with Gasteiger partial charge in [-0.2, -0.15) is 0 Å². The standard InChI is InChI=1S/C27H28N2O6/c1-4-34-23-16-18(27(32)33-3)15-20(25(23)35-5-2)28-26(31)19-13-14-29-21(19)11-12-22(29)24(30)17-9-7-6-8-10-17/h6-12,15-16,19H,4-5,13-14H2,1-3H3,(H,28,31). The van der Waals surface area contributed by atoms with Gasteiger partial charge in [0.1, 0.15) is 0 Å². The summed E-state index contributed by atoms with van der Waals surface area (Å²) in [6, 6.07) is 15.7. The van der Waals surface area contributed by atoms with Crippen LogP contribution in [0.1, 0.15) is 58.3 Å². The van der Waals surface area contributed by atoms with Gasteiger partial charge in [-0.25, -0.2) is 4.79 Å². The molecule has 35 heavy (non-hydrogen) atoms. The molecule has 8 nitrogen and oxygen atoms in total. The third-order valence-corrected chi connectivity index (χ3v) is 5.92. The van der Waals surface area contributed by atoms with Gasteiger partial charge in [0.25, 0.3) is 0 Å². The first kappa shape index (κ1) is 24.1. The molecule has 1 aliphatic rings. The molecule has 0 spiro atoms. The van der Waals surface area contributed by atoms with Gasteiger partial charge < -0.3 is 24.1 Å². The summed E-state index contributed by atoms with van der Waals surface area (Å²) in [7, 11) is 1.29. The van der Waals surface area contributed by atoms with E-state index in [4.69, 9.17) is 14.2 Å². The third kappa shape index (κ3) is 4.77. The molecule has 1 N–H and O–H groups in total. The second kappa shape index (κ2) is 10.5. The molecule has 1 aromatic heterocycles. The summed E-state index contributed by atoms with van der Waals surface area (Å²) in [5.74, 6) is -0.654. The zero-order valence-corrected chi connectivity index (χ0v) is 20.0. The average Bonchev–Trinajstić information content (AvgIpc) is 3.48. The molecule has 0 bridgehead atoms. The van der Waals surface area contributed by atoms with E-state index in [0.717, 1.165) is 5.69 Å². The molecule has 2 aromatic carbocycles. The smallest absolute Gasteiger partial charge is 0.338 e. The summed E-state index contributed by atoms with van der Waals surface area (Å²) in [5, 5.41) is 2.92. The highest BCUT2D eigenvalue weighted by atomic mass is 16.5. The lowest BCUT2D eigenvalue weighted by molar-refractivity contribution is -0.117. The largest absolute Gasteiger partial charge is 0.490 e. The van der Waals surface area contributed by atoms with Gasteiger partial charge in [-0.15, -0.1) is 0 Å². The summed E-state index contributed by atoms with van der Waals surface area (Å²) in [6.45, 7) is 4.90. The Kier molecular flexibility index (Phi) is 7.19. The number of hydrogen-bond acceptors (Lipinski definition) is 6. The summed E-state index contributed by atoms with van der Waals surface area (Å²) in [6.07, 6.45) is 0.552. The third-order valence-electron chi connectivity index (χ3n) is 5.92. The summed E-state index contributed by atoms with van der Waals surface area (Å²) in [4.78, 5) is 38.6. The van der Waals surface area contributed by atoms with Crippen LogP contribution in [0.2, 0.25) is 0 Å². The predicted octanol–water partition coefficient (Wildman–Crippen LogP) is 4.43. The van der Waals surface area contributed by atoms with Gasteiger partial charge in [0, 0.05) is 17.8 Å². The van der Waals surface area contributed by atoms with Crippen LogP contribution in [0.5, 0.6) is 11.5 Å². The van der Waals surface area contributed by atoms with Crippen LogP contribution in [0, 0.1) is 0 Å². The van der Waals surface area contributed by atoms with Crippen LogP contribution in [0.15, 0.2) is 54.6 Å². The maximum absolute atomic E-state index is 13.4. The topological polar surface area (TPSA) is 95.9 Å². The van der Waals surface area contributed by atoms with E-state index in [0.29, 0.717) is 54.6 Å². The molecular formula is C27H28N2O6. The molecule has 1 amide bonds. The maximum Gasteiger partial charge on any atom is 0.338 e. The number of carbonyl (C=O) groups is 3. The molecule has 2 heterocycles. The number of nitrogens with one attached hydrogen (secondary N) is 1. The van der Waals surface area contributed by atoms with E-state index >= 15 is 0 Å². The van der Waals surface area contributed by atoms with E-state index in [-0.39, 0.29) is 17.3 Å². The Labute approximate surface area is 203 Å².